The molecule has 0 aliphatic rings. The summed E-state index contributed by atoms with van der Waals surface area (Å²) in [5.41, 5.74) is 0.724. The summed E-state index contributed by atoms with van der Waals surface area (Å²) in [4.78, 5) is 4.04. The highest BCUT2D eigenvalue weighted by molar-refractivity contribution is 5.36. The van der Waals surface area contributed by atoms with Crippen molar-refractivity contribution in [3.63, 3.8) is 0 Å². The Kier molecular flexibility index (Phi) is 6.11. The highest BCUT2D eigenvalue weighted by Gasteiger charge is 1.97. The quantitative estimate of drug-likeness (QED) is 0.652. The highest BCUT2D eigenvalue weighted by atomic mass is 16.5. The molecule has 4 heteroatoms. The van der Waals surface area contributed by atoms with Crippen molar-refractivity contribution in [2.45, 2.75) is 6.42 Å². The van der Waals surface area contributed by atoms with Crippen molar-refractivity contribution < 1.29 is 14.6 Å². The van der Waals surface area contributed by atoms with Gasteiger partial charge >= 0.3 is 0 Å². The molecule has 108 valence electrons. The normalized spacial score (nSPS) is 9.57. The summed E-state index contributed by atoms with van der Waals surface area (Å²) >= 11 is 0. The molecule has 0 aliphatic carbocycles. The molecule has 0 fully saturated rings. The molecule has 21 heavy (non-hydrogen) atoms. The Morgan fingerprint density at radius 2 is 1.76 bits per heavy atom. The number of para-hydroxylation sites is 1. The van der Waals surface area contributed by atoms with Gasteiger partial charge in [0.2, 0.25) is 0 Å². The van der Waals surface area contributed by atoms with E-state index in [9.17, 15) is 0 Å². The molecule has 0 spiro atoms. The van der Waals surface area contributed by atoms with Gasteiger partial charge in [0.05, 0.1) is 19.4 Å². The molecular formula is C17H17NO3. The van der Waals surface area contributed by atoms with E-state index in [1.165, 1.54) is 0 Å². The Labute approximate surface area is 124 Å². The van der Waals surface area contributed by atoms with Crippen LogP contribution in [0.1, 0.15) is 12.0 Å². The summed E-state index contributed by atoms with van der Waals surface area (Å²) in [6.45, 7) is 0.981. The number of hydrogen-bond acceptors (Lipinski definition) is 4. The van der Waals surface area contributed by atoms with Crippen LogP contribution < -0.4 is 9.47 Å². The lowest BCUT2D eigenvalue weighted by molar-refractivity contribution is 0.247. The highest BCUT2D eigenvalue weighted by Crippen LogP contribution is 2.11. The molecule has 0 bridgehead atoms. The van der Waals surface area contributed by atoms with Crippen LogP contribution in [0.3, 0.4) is 0 Å². The predicted octanol–water partition coefficient (Wildman–Crippen LogP) is 2.27. The molecule has 0 saturated heterocycles. The first-order chi connectivity index (χ1) is 10.4. The van der Waals surface area contributed by atoms with Crippen molar-refractivity contribution in [3.05, 3.63) is 54.4 Å². The summed E-state index contributed by atoms with van der Waals surface area (Å²) < 4.78 is 11.2. The number of pyridine rings is 1. The van der Waals surface area contributed by atoms with Gasteiger partial charge in [-0.3, -0.25) is 4.98 Å². The van der Waals surface area contributed by atoms with E-state index in [1.807, 2.05) is 30.3 Å². The van der Waals surface area contributed by atoms with Gasteiger partial charge in [0.1, 0.15) is 18.1 Å². The van der Waals surface area contributed by atoms with Gasteiger partial charge < -0.3 is 14.6 Å². The van der Waals surface area contributed by atoms with Gasteiger partial charge in [-0.2, -0.15) is 0 Å². The Hall–Kier alpha value is -2.51. The maximum atomic E-state index is 8.65. The second-order valence-corrected chi connectivity index (χ2v) is 4.23. The molecular weight excluding hydrogens is 266 g/mol. The maximum absolute atomic E-state index is 8.65. The van der Waals surface area contributed by atoms with Gasteiger partial charge in [-0.05, 0) is 18.2 Å². The topological polar surface area (TPSA) is 51.6 Å². The lowest BCUT2D eigenvalue weighted by Crippen LogP contribution is -2.05. The van der Waals surface area contributed by atoms with Gasteiger partial charge in [-0.25, -0.2) is 0 Å². The fourth-order valence-corrected chi connectivity index (χ4v) is 1.66. The van der Waals surface area contributed by atoms with Crippen LogP contribution >= 0.6 is 0 Å². The maximum Gasteiger partial charge on any atom is 0.138 e. The molecule has 2 aromatic rings. The average molecular weight is 283 g/mol. The SMILES string of the molecule is OCC#Cc1cncc(OCCCOc2ccccc2)c1. The van der Waals surface area contributed by atoms with E-state index in [0.717, 1.165) is 17.7 Å². The fraction of sp³-hybridized carbons (Fsp3) is 0.235. The van der Waals surface area contributed by atoms with Crippen molar-refractivity contribution >= 4 is 0 Å². The van der Waals surface area contributed by atoms with Crippen LogP contribution in [0.2, 0.25) is 0 Å². The molecule has 1 aromatic heterocycles. The number of rotatable bonds is 6. The molecule has 0 atom stereocenters. The minimum atomic E-state index is -0.165. The number of ether oxygens (including phenoxy) is 2. The molecule has 0 radical (unpaired) electrons. The zero-order valence-electron chi connectivity index (χ0n) is 11.7. The third-order valence-electron chi connectivity index (χ3n) is 2.59. The number of aromatic nitrogens is 1. The van der Waals surface area contributed by atoms with Crippen molar-refractivity contribution in [2.75, 3.05) is 19.8 Å². The minimum absolute atomic E-state index is 0.165. The van der Waals surface area contributed by atoms with E-state index < -0.39 is 0 Å². The Balaban J connectivity index is 1.71. The zero-order chi connectivity index (χ0) is 14.8. The smallest absolute Gasteiger partial charge is 0.138 e. The fourth-order valence-electron chi connectivity index (χ4n) is 1.66. The molecule has 2 rings (SSSR count). The summed E-state index contributed by atoms with van der Waals surface area (Å²) in [6, 6.07) is 11.5. The third kappa shape index (κ3) is 5.55. The van der Waals surface area contributed by atoms with Gasteiger partial charge in [-0.1, -0.05) is 30.0 Å². The van der Waals surface area contributed by atoms with Crippen LogP contribution in [0.15, 0.2) is 48.8 Å². The van der Waals surface area contributed by atoms with Crippen molar-refractivity contribution in [1.82, 2.24) is 4.98 Å². The summed E-state index contributed by atoms with van der Waals surface area (Å²) in [6.07, 6.45) is 4.05. The molecule has 0 unspecified atom stereocenters. The van der Waals surface area contributed by atoms with Gasteiger partial charge in [0.25, 0.3) is 0 Å². The lowest BCUT2D eigenvalue weighted by Gasteiger charge is -2.07. The molecule has 0 amide bonds. The van der Waals surface area contributed by atoms with Crippen LogP contribution in [0.5, 0.6) is 11.5 Å². The van der Waals surface area contributed by atoms with Crippen molar-refractivity contribution in [2.24, 2.45) is 0 Å². The minimum Gasteiger partial charge on any atom is -0.493 e. The monoisotopic (exact) mass is 283 g/mol. The second kappa shape index (κ2) is 8.62. The largest absolute Gasteiger partial charge is 0.493 e. The molecule has 1 N–H and O–H groups in total. The first kappa shape index (κ1) is 14.9. The molecule has 0 saturated carbocycles. The molecule has 0 aliphatic heterocycles. The average Bonchev–Trinajstić information content (AvgIpc) is 2.54. The molecule has 1 heterocycles. The zero-order valence-corrected chi connectivity index (χ0v) is 11.7. The number of benzene rings is 1. The number of nitrogens with zero attached hydrogens (tertiary/aromatic N) is 1. The molecule has 4 nitrogen and oxygen atoms in total. The van der Waals surface area contributed by atoms with Crippen LogP contribution in [-0.2, 0) is 0 Å². The van der Waals surface area contributed by atoms with Crippen LogP contribution in [0.4, 0.5) is 0 Å². The van der Waals surface area contributed by atoms with E-state index in [2.05, 4.69) is 16.8 Å². The Morgan fingerprint density at radius 1 is 1.00 bits per heavy atom. The third-order valence-corrected chi connectivity index (χ3v) is 2.59. The van der Waals surface area contributed by atoms with Gasteiger partial charge in [0.15, 0.2) is 0 Å². The summed E-state index contributed by atoms with van der Waals surface area (Å²) in [7, 11) is 0. The van der Waals surface area contributed by atoms with E-state index >= 15 is 0 Å². The van der Waals surface area contributed by atoms with E-state index in [1.54, 1.807) is 18.5 Å². The second-order valence-electron chi connectivity index (χ2n) is 4.23. The van der Waals surface area contributed by atoms with E-state index in [0.29, 0.717) is 19.0 Å². The van der Waals surface area contributed by atoms with E-state index in [4.69, 9.17) is 14.6 Å². The van der Waals surface area contributed by atoms with Crippen LogP contribution in [0.25, 0.3) is 0 Å². The number of aliphatic hydroxyl groups excluding tert-OH is 1. The standard InChI is InChI=1S/C17H17NO3/c19-9-4-6-15-12-17(14-18-13-15)21-11-5-10-20-16-7-2-1-3-8-16/h1-3,7-8,12-14,19H,5,9-11H2. The van der Waals surface area contributed by atoms with Crippen LogP contribution in [-0.4, -0.2) is 29.9 Å². The van der Waals surface area contributed by atoms with Crippen molar-refractivity contribution in [3.8, 4) is 23.3 Å². The number of hydrogen-bond donors (Lipinski definition) is 1. The summed E-state index contributed by atoms with van der Waals surface area (Å²) in [5, 5.41) is 8.65. The molecule has 1 aromatic carbocycles. The van der Waals surface area contributed by atoms with Crippen LogP contribution in [0, 0.1) is 11.8 Å². The van der Waals surface area contributed by atoms with Crippen molar-refractivity contribution in [1.29, 1.82) is 0 Å². The van der Waals surface area contributed by atoms with Gasteiger partial charge in [0, 0.05) is 18.2 Å². The Morgan fingerprint density at radius 3 is 2.52 bits per heavy atom. The lowest BCUT2D eigenvalue weighted by atomic mass is 10.3. The summed E-state index contributed by atoms with van der Waals surface area (Å²) in [5.74, 6) is 6.89. The van der Waals surface area contributed by atoms with Gasteiger partial charge in [-0.15, -0.1) is 0 Å². The first-order valence-corrected chi connectivity index (χ1v) is 6.74. The van der Waals surface area contributed by atoms with E-state index in [-0.39, 0.29) is 6.61 Å². The predicted molar refractivity (Wildman–Crippen MR) is 80.2 cm³/mol. The Bertz CT molecular complexity index is 602. The number of aliphatic hydroxyl groups is 1. The first-order valence-electron chi connectivity index (χ1n) is 6.74.